The van der Waals surface area contributed by atoms with Crippen molar-refractivity contribution in [3.05, 3.63) is 94.8 Å². The molecule has 8 heteroatoms. The second kappa shape index (κ2) is 9.66. The molecule has 0 saturated heterocycles. The highest BCUT2D eigenvalue weighted by Gasteiger charge is 2.44. The van der Waals surface area contributed by atoms with E-state index in [1.165, 1.54) is 18.3 Å². The van der Waals surface area contributed by atoms with Gasteiger partial charge in [0.2, 0.25) is 0 Å². The maximum atomic E-state index is 13.6. The summed E-state index contributed by atoms with van der Waals surface area (Å²) in [7, 11) is 1.73. The highest BCUT2D eigenvalue weighted by atomic mass is 35.5. The Morgan fingerprint density at radius 1 is 0.968 bits per heavy atom. The molecule has 0 radical (unpaired) electrons. The smallest absolute Gasteiger partial charge is 0.428 e. The molecule has 0 unspecified atom stereocenters. The third-order valence-electron chi connectivity index (χ3n) is 5.01. The second-order valence-electron chi connectivity index (χ2n) is 7.11. The molecule has 31 heavy (non-hydrogen) atoms. The monoisotopic (exact) mass is 452 g/mol. The molecular formula is C23H21ClF4N2O. The van der Waals surface area contributed by atoms with Gasteiger partial charge in [-0.1, -0.05) is 60.1 Å². The topological polar surface area (TPSA) is 34.1 Å². The van der Waals surface area contributed by atoms with E-state index in [-0.39, 0.29) is 12.2 Å². The number of para-hydroxylation sites is 1. The van der Waals surface area contributed by atoms with Gasteiger partial charge in [-0.3, -0.25) is 4.98 Å². The third-order valence-corrected chi connectivity index (χ3v) is 5.23. The van der Waals surface area contributed by atoms with E-state index in [4.69, 9.17) is 11.6 Å². The van der Waals surface area contributed by atoms with E-state index in [2.05, 4.69) is 15.0 Å². The van der Waals surface area contributed by atoms with Crippen molar-refractivity contribution in [2.24, 2.45) is 0 Å². The van der Waals surface area contributed by atoms with Crippen LogP contribution in [0.4, 0.5) is 17.6 Å². The zero-order chi connectivity index (χ0) is 22.5. The average Bonchev–Trinajstić information content (AvgIpc) is 2.75. The van der Waals surface area contributed by atoms with Gasteiger partial charge in [0.1, 0.15) is 5.75 Å². The number of pyridine rings is 1. The van der Waals surface area contributed by atoms with Gasteiger partial charge >= 0.3 is 12.5 Å². The van der Waals surface area contributed by atoms with E-state index in [1.807, 2.05) is 30.3 Å². The highest BCUT2D eigenvalue weighted by Crippen LogP contribution is 2.35. The summed E-state index contributed by atoms with van der Waals surface area (Å²) >= 11 is 6.00. The van der Waals surface area contributed by atoms with Crippen LogP contribution in [0.1, 0.15) is 16.8 Å². The Bertz CT molecular complexity index is 986. The SMILES string of the molecule is CN[C@@](Cc1ccccc1)(Cc1ccccc1OC(F)(F)C(F)F)c1ccc(Cl)cn1. The minimum Gasteiger partial charge on any atom is -0.428 e. The fourth-order valence-corrected chi connectivity index (χ4v) is 3.53. The van der Waals surface area contributed by atoms with Crippen LogP contribution in [0.3, 0.4) is 0 Å². The summed E-state index contributed by atoms with van der Waals surface area (Å²) in [5.74, 6) is -0.311. The average molecular weight is 453 g/mol. The summed E-state index contributed by atoms with van der Waals surface area (Å²) in [6.07, 6.45) is -6.43. The van der Waals surface area contributed by atoms with Crippen LogP contribution in [0.5, 0.6) is 5.75 Å². The number of rotatable bonds is 9. The third kappa shape index (κ3) is 5.54. The second-order valence-corrected chi connectivity index (χ2v) is 7.54. The summed E-state index contributed by atoms with van der Waals surface area (Å²) in [6, 6.07) is 18.9. The van der Waals surface area contributed by atoms with Crippen LogP contribution in [-0.2, 0) is 18.4 Å². The van der Waals surface area contributed by atoms with Crippen LogP contribution in [0.15, 0.2) is 72.9 Å². The van der Waals surface area contributed by atoms with Gasteiger partial charge in [-0.25, -0.2) is 0 Å². The van der Waals surface area contributed by atoms with Crippen molar-refractivity contribution in [1.82, 2.24) is 10.3 Å². The number of hydrogen-bond acceptors (Lipinski definition) is 3. The summed E-state index contributed by atoms with van der Waals surface area (Å²) in [5, 5.41) is 3.72. The zero-order valence-electron chi connectivity index (χ0n) is 16.7. The van der Waals surface area contributed by atoms with Crippen LogP contribution in [0, 0.1) is 0 Å². The standard InChI is InChI=1S/C23H21ClF4N2O/c1-29-22(13-16-7-3-2-4-8-16,20-12-11-18(24)15-30-20)14-17-9-5-6-10-19(17)31-23(27,28)21(25)26/h2-12,15,21,29H,13-14H2,1H3/t22-/m0/s1. The van der Waals surface area contributed by atoms with E-state index in [0.717, 1.165) is 5.56 Å². The van der Waals surface area contributed by atoms with Crippen molar-refractivity contribution in [2.75, 3.05) is 7.05 Å². The molecule has 1 aromatic heterocycles. The molecule has 0 fully saturated rings. The number of likely N-dealkylation sites (N-methyl/N-ethyl adjacent to an activating group) is 1. The number of nitrogens with one attached hydrogen (secondary N) is 1. The summed E-state index contributed by atoms with van der Waals surface area (Å²) in [4.78, 5) is 4.44. The Kier molecular flexibility index (Phi) is 7.18. The van der Waals surface area contributed by atoms with Crippen molar-refractivity contribution in [2.45, 2.75) is 30.9 Å². The Morgan fingerprint density at radius 2 is 1.65 bits per heavy atom. The molecule has 0 spiro atoms. The largest absolute Gasteiger partial charge is 0.461 e. The number of ether oxygens (including phenoxy) is 1. The number of alkyl halides is 4. The summed E-state index contributed by atoms with van der Waals surface area (Å²) in [5.41, 5.74) is 1.10. The lowest BCUT2D eigenvalue weighted by Gasteiger charge is -2.34. The lowest BCUT2D eigenvalue weighted by molar-refractivity contribution is -0.253. The Hall–Kier alpha value is -2.64. The molecule has 0 aliphatic carbocycles. The Morgan fingerprint density at radius 3 is 2.26 bits per heavy atom. The van der Waals surface area contributed by atoms with E-state index in [0.29, 0.717) is 22.7 Å². The fourth-order valence-electron chi connectivity index (χ4n) is 3.42. The maximum absolute atomic E-state index is 13.6. The van der Waals surface area contributed by atoms with E-state index in [9.17, 15) is 17.6 Å². The van der Waals surface area contributed by atoms with Gasteiger partial charge in [0, 0.05) is 12.6 Å². The lowest BCUT2D eigenvalue weighted by Crippen LogP contribution is -2.45. The number of hydrogen-bond donors (Lipinski definition) is 1. The van der Waals surface area contributed by atoms with Crippen molar-refractivity contribution in [1.29, 1.82) is 0 Å². The minimum absolute atomic E-state index is 0.155. The molecule has 0 aliphatic heterocycles. The first kappa shape index (κ1) is 23.0. The molecule has 1 heterocycles. The van der Waals surface area contributed by atoms with Crippen molar-refractivity contribution in [3.63, 3.8) is 0 Å². The first-order valence-electron chi connectivity index (χ1n) is 9.53. The van der Waals surface area contributed by atoms with Crippen LogP contribution < -0.4 is 10.1 Å². The van der Waals surface area contributed by atoms with Crippen LogP contribution in [-0.4, -0.2) is 24.6 Å². The van der Waals surface area contributed by atoms with Crippen LogP contribution >= 0.6 is 11.6 Å². The number of halogens is 5. The molecule has 0 bridgehead atoms. The first-order chi connectivity index (χ1) is 14.8. The van der Waals surface area contributed by atoms with Gasteiger partial charge < -0.3 is 10.1 Å². The lowest BCUT2D eigenvalue weighted by atomic mass is 9.81. The molecule has 164 valence electrons. The van der Waals surface area contributed by atoms with Gasteiger partial charge in [0.15, 0.2) is 0 Å². The Labute approximate surface area is 183 Å². The van der Waals surface area contributed by atoms with Gasteiger partial charge in [-0.05, 0) is 42.8 Å². The predicted molar refractivity (Wildman–Crippen MR) is 112 cm³/mol. The van der Waals surface area contributed by atoms with E-state index >= 15 is 0 Å². The first-order valence-corrected chi connectivity index (χ1v) is 9.91. The summed E-state index contributed by atoms with van der Waals surface area (Å²) < 4.78 is 57.1. The zero-order valence-corrected chi connectivity index (χ0v) is 17.4. The van der Waals surface area contributed by atoms with Crippen LogP contribution in [0.25, 0.3) is 0 Å². The normalized spacial score (nSPS) is 13.8. The van der Waals surface area contributed by atoms with Crippen molar-refractivity contribution in [3.8, 4) is 5.75 Å². The molecular weight excluding hydrogens is 432 g/mol. The predicted octanol–water partition coefficient (Wildman–Crippen LogP) is 5.87. The van der Waals surface area contributed by atoms with Crippen molar-refractivity contribution >= 4 is 11.6 Å². The molecule has 1 atom stereocenters. The summed E-state index contributed by atoms with van der Waals surface area (Å²) in [6.45, 7) is 0. The number of aromatic nitrogens is 1. The molecule has 0 amide bonds. The van der Waals surface area contributed by atoms with Gasteiger partial charge in [0.05, 0.1) is 16.3 Å². The van der Waals surface area contributed by atoms with Gasteiger partial charge in [0.25, 0.3) is 0 Å². The molecule has 3 rings (SSSR count). The van der Waals surface area contributed by atoms with E-state index in [1.54, 1.807) is 31.3 Å². The fraction of sp³-hybridized carbons (Fsp3) is 0.261. The number of benzene rings is 2. The highest BCUT2D eigenvalue weighted by molar-refractivity contribution is 6.30. The molecule has 0 saturated carbocycles. The quantitative estimate of drug-likeness (QED) is 0.412. The molecule has 2 aromatic carbocycles. The Balaban J connectivity index is 2.04. The van der Waals surface area contributed by atoms with Crippen LogP contribution in [0.2, 0.25) is 5.02 Å². The maximum Gasteiger partial charge on any atom is 0.461 e. The minimum atomic E-state index is -4.60. The molecule has 1 N–H and O–H groups in total. The molecule has 3 nitrogen and oxygen atoms in total. The number of nitrogens with zero attached hydrogens (tertiary/aromatic N) is 1. The van der Waals surface area contributed by atoms with E-state index < -0.39 is 18.1 Å². The van der Waals surface area contributed by atoms with Gasteiger partial charge in [-0.15, -0.1) is 0 Å². The van der Waals surface area contributed by atoms with Gasteiger partial charge in [-0.2, -0.15) is 17.6 Å². The molecule has 0 aliphatic rings. The van der Waals surface area contributed by atoms with Crippen molar-refractivity contribution < 1.29 is 22.3 Å². The molecule has 3 aromatic rings.